The molecule has 1 heterocycles. The number of pyridine rings is 1. The van der Waals surface area contributed by atoms with Gasteiger partial charge in [0.1, 0.15) is 11.8 Å². The van der Waals surface area contributed by atoms with Gasteiger partial charge in [0.15, 0.2) is 5.56 Å². The van der Waals surface area contributed by atoms with Crippen molar-refractivity contribution in [3.8, 4) is 11.8 Å². The Morgan fingerprint density at radius 1 is 1.31 bits per heavy atom. The van der Waals surface area contributed by atoms with E-state index in [-0.39, 0.29) is 26.7 Å². The van der Waals surface area contributed by atoms with Crippen LogP contribution >= 0.6 is 23.2 Å². The number of aromatic amines is 1. The zero-order valence-corrected chi connectivity index (χ0v) is 9.23. The summed E-state index contributed by atoms with van der Waals surface area (Å²) in [5, 5.41) is 19.2. The molecule has 0 fully saturated rings. The van der Waals surface area contributed by atoms with Crippen LogP contribution in [0.4, 0.5) is 0 Å². The molecule has 0 bridgehead atoms. The maximum atomic E-state index is 11.4. The van der Waals surface area contributed by atoms with E-state index in [2.05, 4.69) is 4.98 Å². The fourth-order valence-electron chi connectivity index (χ4n) is 1.38. The second kappa shape index (κ2) is 3.71. The maximum Gasteiger partial charge on any atom is 0.270 e. The van der Waals surface area contributed by atoms with Gasteiger partial charge in [-0.15, -0.1) is 0 Å². The summed E-state index contributed by atoms with van der Waals surface area (Å²) in [7, 11) is 0. The second-order valence-corrected chi connectivity index (χ2v) is 3.92. The van der Waals surface area contributed by atoms with Crippen LogP contribution in [-0.4, -0.2) is 10.1 Å². The van der Waals surface area contributed by atoms with Gasteiger partial charge in [-0.2, -0.15) is 5.26 Å². The molecule has 0 amide bonds. The number of hydrogen-bond donors (Lipinski definition) is 2. The first-order chi connectivity index (χ1) is 7.54. The van der Waals surface area contributed by atoms with Crippen LogP contribution in [0.15, 0.2) is 16.9 Å². The first kappa shape index (κ1) is 10.8. The van der Waals surface area contributed by atoms with E-state index >= 15 is 0 Å². The average Bonchev–Trinajstić information content (AvgIpc) is 2.22. The molecular weight excluding hydrogens is 251 g/mol. The lowest BCUT2D eigenvalue weighted by molar-refractivity contribution is 0.478. The molecule has 80 valence electrons. The highest BCUT2D eigenvalue weighted by Crippen LogP contribution is 2.31. The number of aromatic hydroxyl groups is 1. The molecule has 6 heteroatoms. The molecular formula is C10H4Cl2N2O2. The molecule has 0 unspecified atom stereocenters. The zero-order chi connectivity index (χ0) is 11.9. The van der Waals surface area contributed by atoms with Gasteiger partial charge < -0.3 is 10.1 Å². The normalized spacial score (nSPS) is 10.3. The highest BCUT2D eigenvalue weighted by atomic mass is 35.5. The first-order valence-electron chi connectivity index (χ1n) is 4.18. The molecule has 2 aromatic rings. The molecule has 16 heavy (non-hydrogen) atoms. The van der Waals surface area contributed by atoms with Crippen LogP contribution in [0, 0.1) is 11.3 Å². The second-order valence-electron chi connectivity index (χ2n) is 3.10. The van der Waals surface area contributed by atoms with Gasteiger partial charge in [-0.25, -0.2) is 0 Å². The number of fused-ring (bicyclic) bond motifs is 1. The fourth-order valence-corrected chi connectivity index (χ4v) is 1.70. The number of H-pyrrole nitrogens is 1. The van der Waals surface area contributed by atoms with Crippen molar-refractivity contribution in [3.05, 3.63) is 38.1 Å². The number of rotatable bonds is 0. The number of nitrogens with zero attached hydrogens (tertiary/aromatic N) is 1. The molecule has 2 N–H and O–H groups in total. The molecule has 0 aliphatic heterocycles. The Balaban J connectivity index is 3.01. The van der Waals surface area contributed by atoms with Crippen LogP contribution < -0.4 is 5.56 Å². The van der Waals surface area contributed by atoms with E-state index in [1.807, 2.05) is 0 Å². The van der Waals surface area contributed by atoms with Crippen molar-refractivity contribution in [1.82, 2.24) is 4.98 Å². The van der Waals surface area contributed by atoms with E-state index in [0.29, 0.717) is 5.52 Å². The summed E-state index contributed by atoms with van der Waals surface area (Å²) >= 11 is 11.5. The zero-order valence-electron chi connectivity index (χ0n) is 7.71. The summed E-state index contributed by atoms with van der Waals surface area (Å²) in [6.07, 6.45) is 0. The van der Waals surface area contributed by atoms with Gasteiger partial charge in [0.2, 0.25) is 0 Å². The van der Waals surface area contributed by atoms with Crippen LogP contribution in [0.1, 0.15) is 5.56 Å². The Labute approximate surface area is 99.7 Å². The summed E-state index contributed by atoms with van der Waals surface area (Å²) < 4.78 is 0. The quantitative estimate of drug-likeness (QED) is 0.758. The predicted molar refractivity (Wildman–Crippen MR) is 61.0 cm³/mol. The number of benzene rings is 1. The van der Waals surface area contributed by atoms with Crippen molar-refractivity contribution in [2.24, 2.45) is 0 Å². The molecule has 2 rings (SSSR count). The molecule has 1 aromatic heterocycles. The SMILES string of the molecule is N#Cc1c(O)c2cc(Cl)c(Cl)cc2[nH]c1=O. The minimum absolute atomic E-state index is 0.236. The van der Waals surface area contributed by atoms with E-state index in [4.69, 9.17) is 28.5 Å². The Kier molecular flexibility index (Phi) is 2.50. The van der Waals surface area contributed by atoms with E-state index in [0.717, 1.165) is 0 Å². The Bertz CT molecular complexity index is 686. The van der Waals surface area contributed by atoms with Crippen LogP contribution in [0.3, 0.4) is 0 Å². The van der Waals surface area contributed by atoms with Crippen molar-refractivity contribution < 1.29 is 5.11 Å². The van der Waals surface area contributed by atoms with Gasteiger partial charge in [0.25, 0.3) is 5.56 Å². The monoisotopic (exact) mass is 254 g/mol. The van der Waals surface area contributed by atoms with E-state index in [1.54, 1.807) is 6.07 Å². The number of nitriles is 1. The maximum absolute atomic E-state index is 11.4. The van der Waals surface area contributed by atoms with E-state index in [9.17, 15) is 9.90 Å². The Hall–Kier alpha value is -1.70. The molecule has 0 radical (unpaired) electrons. The third-order valence-corrected chi connectivity index (χ3v) is 2.86. The molecule has 0 aliphatic carbocycles. The van der Waals surface area contributed by atoms with Gasteiger partial charge in [-0.3, -0.25) is 4.79 Å². The standard InChI is InChI=1S/C10H4Cl2N2O2/c11-6-1-4-8(2-7(6)12)14-10(16)5(3-13)9(4)15/h1-2H,(H2,14,15,16). The molecule has 0 aliphatic rings. The van der Waals surface area contributed by atoms with Gasteiger partial charge in [-0.1, -0.05) is 23.2 Å². The molecule has 0 saturated carbocycles. The molecule has 1 aromatic carbocycles. The van der Waals surface area contributed by atoms with Crippen LogP contribution in [-0.2, 0) is 0 Å². The third kappa shape index (κ3) is 1.51. The average molecular weight is 255 g/mol. The summed E-state index contributed by atoms with van der Waals surface area (Å²) in [4.78, 5) is 13.8. The summed E-state index contributed by atoms with van der Waals surface area (Å²) in [6, 6.07) is 4.43. The van der Waals surface area contributed by atoms with Gasteiger partial charge in [0, 0.05) is 5.39 Å². The van der Waals surface area contributed by atoms with E-state index < -0.39 is 5.56 Å². The van der Waals surface area contributed by atoms with Gasteiger partial charge >= 0.3 is 0 Å². The lowest BCUT2D eigenvalue weighted by Gasteiger charge is -2.04. The molecule has 4 nitrogen and oxygen atoms in total. The predicted octanol–water partition coefficient (Wildman–Crippen LogP) is 2.41. The Morgan fingerprint density at radius 3 is 2.56 bits per heavy atom. The molecule has 0 atom stereocenters. The third-order valence-electron chi connectivity index (χ3n) is 2.14. The summed E-state index contributed by atoms with van der Waals surface area (Å²) in [6.45, 7) is 0. The van der Waals surface area contributed by atoms with Crippen LogP contribution in [0.5, 0.6) is 5.75 Å². The van der Waals surface area contributed by atoms with Crippen molar-refractivity contribution in [3.63, 3.8) is 0 Å². The van der Waals surface area contributed by atoms with Gasteiger partial charge in [0.05, 0.1) is 15.6 Å². The molecule has 0 saturated heterocycles. The summed E-state index contributed by atoms with van der Waals surface area (Å²) in [5.41, 5.74) is -0.673. The first-order valence-corrected chi connectivity index (χ1v) is 4.94. The van der Waals surface area contributed by atoms with Crippen molar-refractivity contribution in [2.75, 3.05) is 0 Å². The van der Waals surface area contributed by atoms with Crippen molar-refractivity contribution >= 4 is 34.1 Å². The lowest BCUT2D eigenvalue weighted by atomic mass is 10.1. The number of aromatic nitrogens is 1. The Morgan fingerprint density at radius 2 is 1.94 bits per heavy atom. The number of halogens is 2. The van der Waals surface area contributed by atoms with Crippen LogP contribution in [0.2, 0.25) is 10.0 Å². The smallest absolute Gasteiger partial charge is 0.270 e. The highest BCUT2D eigenvalue weighted by molar-refractivity contribution is 6.42. The van der Waals surface area contributed by atoms with Crippen LogP contribution in [0.25, 0.3) is 10.9 Å². The fraction of sp³-hybridized carbons (Fsp3) is 0. The number of hydrogen-bond acceptors (Lipinski definition) is 3. The minimum Gasteiger partial charge on any atom is -0.506 e. The van der Waals surface area contributed by atoms with E-state index in [1.165, 1.54) is 12.1 Å². The van der Waals surface area contributed by atoms with Crippen molar-refractivity contribution in [1.29, 1.82) is 5.26 Å². The number of nitrogens with one attached hydrogen (secondary N) is 1. The minimum atomic E-state index is -0.661. The summed E-state index contributed by atoms with van der Waals surface area (Å²) in [5.74, 6) is -0.389. The lowest BCUT2D eigenvalue weighted by Crippen LogP contribution is -2.10. The van der Waals surface area contributed by atoms with Gasteiger partial charge in [-0.05, 0) is 12.1 Å². The molecule has 0 spiro atoms. The largest absolute Gasteiger partial charge is 0.506 e. The van der Waals surface area contributed by atoms with Crippen molar-refractivity contribution in [2.45, 2.75) is 0 Å². The highest BCUT2D eigenvalue weighted by Gasteiger charge is 2.12. The topological polar surface area (TPSA) is 76.9 Å².